The number of rotatable bonds is 6. The van der Waals surface area contributed by atoms with E-state index in [2.05, 4.69) is 0 Å². The van der Waals surface area contributed by atoms with Crippen LogP contribution in [0, 0.1) is 0 Å². The van der Waals surface area contributed by atoms with Gasteiger partial charge in [-0.05, 0) is 48.5 Å². The highest BCUT2D eigenvalue weighted by molar-refractivity contribution is 6.10. The highest BCUT2D eigenvalue weighted by Crippen LogP contribution is 2.20. The molecule has 0 aliphatic rings. The van der Waals surface area contributed by atoms with Crippen LogP contribution in [0.25, 0.3) is 5.76 Å². The molecule has 0 fully saturated rings. The molecule has 4 nitrogen and oxygen atoms in total. The van der Waals surface area contributed by atoms with Crippen LogP contribution in [0.4, 0.5) is 0 Å². The number of ketones is 1. The summed E-state index contributed by atoms with van der Waals surface area (Å²) in [5, 5.41) is 0. The van der Waals surface area contributed by atoms with Crippen LogP contribution >= 0.6 is 0 Å². The maximum Gasteiger partial charge on any atom is 0.496 e. The molecule has 0 aliphatic carbocycles. The summed E-state index contributed by atoms with van der Waals surface area (Å²) in [6.45, 7) is 0. The minimum absolute atomic E-state index is 0.107. The van der Waals surface area contributed by atoms with E-state index in [0.717, 1.165) is 17.1 Å². The van der Waals surface area contributed by atoms with Crippen molar-refractivity contribution in [2.75, 3.05) is 14.2 Å². The molecule has 0 spiro atoms. The van der Waals surface area contributed by atoms with E-state index in [1.165, 1.54) is 6.08 Å². The molecule has 2 rings (SSSR count). The van der Waals surface area contributed by atoms with E-state index in [1.807, 2.05) is 24.3 Å². The fraction of sp³-hybridized carbons (Fsp3) is 0.118. The summed E-state index contributed by atoms with van der Waals surface area (Å²) in [7, 11) is 3.20. The Morgan fingerprint density at radius 3 is 1.73 bits per heavy atom. The zero-order valence-corrected chi connectivity index (χ0v) is 14.8. The molecule has 0 heterocycles. The number of methoxy groups -OCH3 is 2. The van der Waals surface area contributed by atoms with E-state index in [1.54, 1.807) is 38.5 Å². The number of ether oxygens (including phenoxy) is 2. The molecule has 5 heteroatoms. The monoisotopic (exact) mass is 312 g/mol. The second-order valence-corrected chi connectivity index (χ2v) is 4.94. The third-order valence-electron chi connectivity index (χ3n) is 3.23. The highest BCUT2D eigenvalue weighted by Gasteiger charge is 2.07. The van der Waals surface area contributed by atoms with Crippen molar-refractivity contribution in [3.8, 4) is 11.5 Å². The molecule has 2 aromatic rings. The molecule has 0 amide bonds. The summed E-state index contributed by atoms with van der Waals surface area (Å²) in [6.07, 6.45) is 1.51. The second kappa shape index (κ2) is 7.69. The van der Waals surface area contributed by atoms with Crippen molar-refractivity contribution in [3.05, 3.63) is 65.7 Å². The molecular formula is C17H17AlO4. The Kier molecular flexibility index (Phi) is 5.65. The number of hydrogen-bond acceptors (Lipinski definition) is 4. The first kappa shape index (κ1) is 16.2. The van der Waals surface area contributed by atoms with Crippen molar-refractivity contribution < 1.29 is 18.1 Å². The fourth-order valence-corrected chi connectivity index (χ4v) is 2.33. The van der Waals surface area contributed by atoms with Crippen molar-refractivity contribution in [1.29, 1.82) is 0 Å². The van der Waals surface area contributed by atoms with Gasteiger partial charge in [-0.15, -0.1) is 0 Å². The van der Waals surface area contributed by atoms with Crippen LogP contribution in [0.2, 0.25) is 0 Å². The van der Waals surface area contributed by atoms with Crippen molar-refractivity contribution in [3.63, 3.8) is 0 Å². The first-order valence-corrected chi connectivity index (χ1v) is 7.58. The van der Waals surface area contributed by atoms with Gasteiger partial charge in [0.25, 0.3) is 0 Å². The second-order valence-electron chi connectivity index (χ2n) is 4.53. The summed E-state index contributed by atoms with van der Waals surface area (Å²) in [5.41, 5.74) is 1.43. The van der Waals surface area contributed by atoms with Gasteiger partial charge in [0.2, 0.25) is 0 Å². The molecule has 0 radical (unpaired) electrons. The standard InChI is InChI=1S/C17H16O4.Al.2H/c1-20-14-7-3-12(4-8-14)16(18)11-17(19)13-5-9-15(21-2)10-6-13;;;/h3-11,18H,1-2H3;;;/q;+1;;/p-1. The zero-order chi connectivity index (χ0) is 15.9. The van der Waals surface area contributed by atoms with Crippen LogP contribution in [-0.2, 0) is 3.79 Å². The highest BCUT2D eigenvalue weighted by atomic mass is 27.1. The summed E-state index contributed by atoms with van der Waals surface area (Å²) in [6, 6.07) is 14.4. The first-order valence-electron chi connectivity index (χ1n) is 6.76. The summed E-state index contributed by atoms with van der Waals surface area (Å²) >= 11 is 0.501. The van der Waals surface area contributed by atoms with Crippen LogP contribution in [0.1, 0.15) is 15.9 Å². The van der Waals surface area contributed by atoms with Gasteiger partial charge in [-0.2, -0.15) is 0 Å². The number of hydrogen-bond donors (Lipinski definition) is 0. The molecule has 0 N–H and O–H groups in total. The number of allylic oxidation sites excluding steroid dienone is 1. The van der Waals surface area contributed by atoms with Gasteiger partial charge in [-0.3, -0.25) is 4.79 Å². The third-order valence-corrected chi connectivity index (χ3v) is 3.67. The van der Waals surface area contributed by atoms with Gasteiger partial charge in [0.15, 0.2) is 5.78 Å². The maximum atomic E-state index is 12.3. The number of carbonyl (C=O) groups is 1. The predicted molar refractivity (Wildman–Crippen MR) is 87.9 cm³/mol. The first-order chi connectivity index (χ1) is 10.7. The molecule has 0 unspecified atom stereocenters. The zero-order valence-electron chi connectivity index (χ0n) is 12.8. The summed E-state index contributed by atoms with van der Waals surface area (Å²) in [5.74, 6) is 1.94. The van der Waals surface area contributed by atoms with E-state index in [9.17, 15) is 4.79 Å². The molecule has 0 bridgehead atoms. The SMILES string of the molecule is COc1ccc(C(=O)C=C([O][AlH2])c2ccc(OC)cc2)cc1. The lowest BCUT2D eigenvalue weighted by molar-refractivity contribution is 0.104. The lowest BCUT2D eigenvalue weighted by atomic mass is 10.1. The van der Waals surface area contributed by atoms with Gasteiger partial charge >= 0.3 is 16.6 Å². The fourth-order valence-electron chi connectivity index (χ4n) is 1.97. The Morgan fingerprint density at radius 1 is 0.864 bits per heavy atom. The summed E-state index contributed by atoms with van der Waals surface area (Å²) in [4.78, 5) is 12.3. The molecule has 0 aromatic heterocycles. The lowest BCUT2D eigenvalue weighted by Crippen LogP contribution is -1.98. The minimum Gasteiger partial charge on any atom is -0.647 e. The van der Waals surface area contributed by atoms with Gasteiger partial charge in [0.1, 0.15) is 11.5 Å². The molecule has 0 aliphatic heterocycles. The van der Waals surface area contributed by atoms with Crippen LogP contribution in [0.3, 0.4) is 0 Å². The van der Waals surface area contributed by atoms with Gasteiger partial charge in [-0.25, -0.2) is 0 Å². The Balaban J connectivity index is 2.24. The Hall–Kier alpha value is -2.22. The maximum absolute atomic E-state index is 12.3. The van der Waals surface area contributed by atoms with E-state index in [0.29, 0.717) is 27.9 Å². The minimum atomic E-state index is -0.107. The molecule has 112 valence electrons. The van der Waals surface area contributed by atoms with E-state index < -0.39 is 0 Å². The largest absolute Gasteiger partial charge is 0.647 e. The summed E-state index contributed by atoms with van der Waals surface area (Å²) < 4.78 is 15.7. The average molecular weight is 312 g/mol. The molecule has 22 heavy (non-hydrogen) atoms. The van der Waals surface area contributed by atoms with E-state index in [-0.39, 0.29) is 5.78 Å². The van der Waals surface area contributed by atoms with E-state index in [4.69, 9.17) is 13.3 Å². The Labute approximate surface area is 138 Å². The van der Waals surface area contributed by atoms with Crippen LogP contribution in [0.15, 0.2) is 54.6 Å². The Morgan fingerprint density at radius 2 is 1.32 bits per heavy atom. The molecule has 0 saturated carbocycles. The number of carbonyl (C=O) groups excluding carboxylic acids is 1. The number of benzene rings is 2. The normalized spacial score (nSPS) is 10.9. The van der Waals surface area contributed by atoms with Crippen LogP contribution in [0.5, 0.6) is 11.5 Å². The van der Waals surface area contributed by atoms with Crippen molar-refractivity contribution >= 4 is 28.2 Å². The van der Waals surface area contributed by atoms with E-state index >= 15 is 0 Å². The van der Waals surface area contributed by atoms with Crippen molar-refractivity contribution in [1.82, 2.24) is 0 Å². The molecular weight excluding hydrogens is 295 g/mol. The van der Waals surface area contributed by atoms with Gasteiger partial charge in [0.05, 0.1) is 20.0 Å². The van der Waals surface area contributed by atoms with Crippen LogP contribution < -0.4 is 9.47 Å². The molecule has 2 aromatic carbocycles. The van der Waals surface area contributed by atoms with Gasteiger partial charge in [0, 0.05) is 17.2 Å². The lowest BCUT2D eigenvalue weighted by Gasteiger charge is -2.09. The molecule has 0 saturated heterocycles. The van der Waals surface area contributed by atoms with Crippen molar-refractivity contribution in [2.24, 2.45) is 0 Å². The quantitative estimate of drug-likeness (QED) is 0.356. The molecule has 0 atom stereocenters. The smallest absolute Gasteiger partial charge is 0.496 e. The van der Waals surface area contributed by atoms with Crippen molar-refractivity contribution in [2.45, 2.75) is 0 Å². The average Bonchev–Trinajstić information content (AvgIpc) is 2.59. The van der Waals surface area contributed by atoms with Gasteiger partial charge in [-0.1, -0.05) is 0 Å². The van der Waals surface area contributed by atoms with Gasteiger partial charge < -0.3 is 13.3 Å². The van der Waals surface area contributed by atoms with Crippen LogP contribution in [-0.4, -0.2) is 36.6 Å². The third kappa shape index (κ3) is 3.91. The Bertz CT molecular complexity index is 660. The topological polar surface area (TPSA) is 44.8 Å². The predicted octanol–water partition coefficient (Wildman–Crippen LogP) is 2.49.